The van der Waals surface area contributed by atoms with Gasteiger partial charge in [-0.1, -0.05) is 23.7 Å². The molecule has 2 aromatic carbocycles. The monoisotopic (exact) mass is 355 g/mol. The van der Waals surface area contributed by atoms with Crippen molar-refractivity contribution in [1.82, 2.24) is 0 Å². The Morgan fingerprint density at radius 3 is 2.70 bits per heavy atom. The van der Waals surface area contributed by atoms with Gasteiger partial charge in [0.05, 0.1) is 22.3 Å². The van der Waals surface area contributed by atoms with Crippen LogP contribution in [0, 0.1) is 0 Å². The number of methoxy groups -OCH3 is 1. The van der Waals surface area contributed by atoms with Crippen molar-refractivity contribution in [3.63, 3.8) is 0 Å². The molecular formula is C15H15BrClNO2. The number of nitrogens with one attached hydrogen (secondary N) is 1. The van der Waals surface area contributed by atoms with Gasteiger partial charge < -0.3 is 14.8 Å². The first kappa shape index (κ1) is 15.0. The molecule has 0 bridgehead atoms. The van der Waals surface area contributed by atoms with Gasteiger partial charge in [0, 0.05) is 6.54 Å². The molecule has 0 radical (unpaired) electrons. The van der Waals surface area contributed by atoms with E-state index < -0.39 is 0 Å². The van der Waals surface area contributed by atoms with Gasteiger partial charge in [-0.2, -0.15) is 0 Å². The normalized spacial score (nSPS) is 10.2. The maximum atomic E-state index is 6.05. The third kappa shape index (κ3) is 4.05. The summed E-state index contributed by atoms with van der Waals surface area (Å²) in [6.07, 6.45) is 0. The van der Waals surface area contributed by atoms with E-state index in [1.807, 2.05) is 42.5 Å². The molecule has 0 fully saturated rings. The summed E-state index contributed by atoms with van der Waals surface area (Å²) in [6, 6.07) is 13.2. The predicted octanol–water partition coefficient (Wildman–Crippen LogP) is 4.60. The highest BCUT2D eigenvalue weighted by atomic mass is 79.9. The molecule has 0 aliphatic carbocycles. The second-order valence-electron chi connectivity index (χ2n) is 4.05. The molecule has 106 valence electrons. The number of para-hydroxylation sites is 1. The van der Waals surface area contributed by atoms with Crippen LogP contribution in [0.5, 0.6) is 11.5 Å². The quantitative estimate of drug-likeness (QED) is 0.767. The van der Waals surface area contributed by atoms with Crippen LogP contribution >= 0.6 is 27.5 Å². The van der Waals surface area contributed by atoms with Crippen LogP contribution in [0.25, 0.3) is 0 Å². The first-order valence-corrected chi connectivity index (χ1v) is 7.32. The second-order valence-corrected chi connectivity index (χ2v) is 5.31. The molecule has 0 atom stereocenters. The summed E-state index contributed by atoms with van der Waals surface area (Å²) in [7, 11) is 1.63. The van der Waals surface area contributed by atoms with Gasteiger partial charge >= 0.3 is 0 Å². The minimum Gasteiger partial charge on any atom is -0.497 e. The summed E-state index contributed by atoms with van der Waals surface area (Å²) >= 11 is 9.50. The van der Waals surface area contributed by atoms with E-state index in [0.717, 1.165) is 21.7 Å². The average molecular weight is 357 g/mol. The molecule has 0 amide bonds. The van der Waals surface area contributed by atoms with Crippen molar-refractivity contribution < 1.29 is 9.47 Å². The maximum Gasteiger partial charge on any atom is 0.133 e. The summed E-state index contributed by atoms with van der Waals surface area (Å²) in [4.78, 5) is 0. The number of hydrogen-bond acceptors (Lipinski definition) is 3. The van der Waals surface area contributed by atoms with Crippen molar-refractivity contribution in [2.24, 2.45) is 0 Å². The van der Waals surface area contributed by atoms with Crippen molar-refractivity contribution in [3.05, 3.63) is 52.0 Å². The van der Waals surface area contributed by atoms with Crippen LogP contribution < -0.4 is 14.8 Å². The van der Waals surface area contributed by atoms with Crippen LogP contribution in [0.15, 0.2) is 46.9 Å². The van der Waals surface area contributed by atoms with E-state index in [1.54, 1.807) is 7.11 Å². The topological polar surface area (TPSA) is 30.5 Å². The van der Waals surface area contributed by atoms with Gasteiger partial charge in [0.2, 0.25) is 0 Å². The van der Waals surface area contributed by atoms with Crippen molar-refractivity contribution >= 4 is 33.2 Å². The Kier molecular flexibility index (Phi) is 5.56. The largest absolute Gasteiger partial charge is 0.497 e. The molecule has 2 rings (SSSR count). The lowest BCUT2D eigenvalue weighted by Gasteiger charge is -2.11. The molecule has 3 nitrogen and oxygen atoms in total. The lowest BCUT2D eigenvalue weighted by molar-refractivity contribution is 0.329. The van der Waals surface area contributed by atoms with E-state index in [0.29, 0.717) is 18.2 Å². The molecule has 0 aromatic heterocycles. The Balaban J connectivity index is 1.83. The predicted molar refractivity (Wildman–Crippen MR) is 86.1 cm³/mol. The molecule has 1 N–H and O–H groups in total. The summed E-state index contributed by atoms with van der Waals surface area (Å²) in [5.74, 6) is 1.57. The Labute approximate surface area is 132 Å². The highest BCUT2D eigenvalue weighted by Crippen LogP contribution is 2.29. The smallest absolute Gasteiger partial charge is 0.133 e. The van der Waals surface area contributed by atoms with Gasteiger partial charge in [-0.25, -0.2) is 0 Å². The molecule has 0 saturated heterocycles. The molecule has 0 aliphatic heterocycles. The van der Waals surface area contributed by atoms with E-state index in [9.17, 15) is 0 Å². The van der Waals surface area contributed by atoms with Crippen LogP contribution in [0.2, 0.25) is 5.02 Å². The van der Waals surface area contributed by atoms with E-state index >= 15 is 0 Å². The summed E-state index contributed by atoms with van der Waals surface area (Å²) in [6.45, 7) is 1.21. The first-order chi connectivity index (χ1) is 9.70. The molecule has 0 unspecified atom stereocenters. The Bertz CT molecular complexity index is 578. The Morgan fingerprint density at radius 1 is 1.20 bits per heavy atom. The SMILES string of the molecule is COc1ccc(OCCNc2ccccc2Cl)c(Br)c1. The van der Waals surface area contributed by atoms with Crippen LogP contribution in [0.1, 0.15) is 0 Å². The van der Waals surface area contributed by atoms with Gasteiger partial charge in [-0.15, -0.1) is 0 Å². The zero-order chi connectivity index (χ0) is 14.4. The van der Waals surface area contributed by atoms with E-state index in [-0.39, 0.29) is 0 Å². The summed E-state index contributed by atoms with van der Waals surface area (Å²) < 4.78 is 11.7. The van der Waals surface area contributed by atoms with Gasteiger partial charge in [0.15, 0.2) is 0 Å². The molecule has 0 spiro atoms. The zero-order valence-corrected chi connectivity index (χ0v) is 13.4. The Morgan fingerprint density at radius 2 is 2.00 bits per heavy atom. The Hall–Kier alpha value is -1.39. The lowest BCUT2D eigenvalue weighted by Crippen LogP contribution is -2.11. The van der Waals surface area contributed by atoms with E-state index in [1.165, 1.54) is 0 Å². The fourth-order valence-corrected chi connectivity index (χ4v) is 2.35. The third-order valence-corrected chi connectivity index (χ3v) is 3.64. The van der Waals surface area contributed by atoms with Crippen LogP contribution in [-0.2, 0) is 0 Å². The number of hydrogen-bond donors (Lipinski definition) is 1. The number of anilines is 1. The fraction of sp³-hybridized carbons (Fsp3) is 0.200. The molecule has 0 saturated carbocycles. The second kappa shape index (κ2) is 7.41. The molecule has 0 heterocycles. The standard InChI is InChI=1S/C15H15BrClNO2/c1-19-11-6-7-15(12(16)10-11)20-9-8-18-14-5-3-2-4-13(14)17/h2-7,10,18H,8-9H2,1H3. The van der Waals surface area contributed by atoms with Gasteiger partial charge in [-0.05, 0) is 46.3 Å². The minimum absolute atomic E-state index is 0.538. The minimum atomic E-state index is 0.538. The number of rotatable bonds is 6. The van der Waals surface area contributed by atoms with Gasteiger partial charge in [0.25, 0.3) is 0 Å². The van der Waals surface area contributed by atoms with Crippen molar-refractivity contribution in [1.29, 1.82) is 0 Å². The summed E-state index contributed by atoms with van der Waals surface area (Å²) in [5, 5.41) is 3.93. The van der Waals surface area contributed by atoms with Crippen molar-refractivity contribution in [2.75, 3.05) is 25.6 Å². The highest BCUT2D eigenvalue weighted by Gasteiger charge is 2.03. The fourth-order valence-electron chi connectivity index (χ4n) is 1.68. The number of halogens is 2. The van der Waals surface area contributed by atoms with Crippen LogP contribution in [-0.4, -0.2) is 20.3 Å². The van der Waals surface area contributed by atoms with Gasteiger partial charge in [-0.3, -0.25) is 0 Å². The van der Waals surface area contributed by atoms with Crippen molar-refractivity contribution in [2.45, 2.75) is 0 Å². The average Bonchev–Trinajstić information content (AvgIpc) is 2.46. The molecule has 2 aromatic rings. The summed E-state index contributed by atoms with van der Waals surface area (Å²) in [5.41, 5.74) is 0.909. The number of ether oxygens (including phenoxy) is 2. The van der Waals surface area contributed by atoms with Gasteiger partial charge in [0.1, 0.15) is 18.1 Å². The van der Waals surface area contributed by atoms with Crippen molar-refractivity contribution in [3.8, 4) is 11.5 Å². The van der Waals surface area contributed by atoms with Crippen LogP contribution in [0.3, 0.4) is 0 Å². The molecule has 5 heteroatoms. The maximum absolute atomic E-state index is 6.05. The van der Waals surface area contributed by atoms with E-state index in [4.69, 9.17) is 21.1 Å². The highest BCUT2D eigenvalue weighted by molar-refractivity contribution is 9.10. The van der Waals surface area contributed by atoms with Crippen LogP contribution in [0.4, 0.5) is 5.69 Å². The molecule has 0 aliphatic rings. The lowest BCUT2D eigenvalue weighted by atomic mass is 10.3. The first-order valence-electron chi connectivity index (χ1n) is 6.15. The third-order valence-electron chi connectivity index (χ3n) is 2.69. The molecular weight excluding hydrogens is 342 g/mol. The van der Waals surface area contributed by atoms with E-state index in [2.05, 4.69) is 21.2 Å². The zero-order valence-electron chi connectivity index (χ0n) is 11.0. The number of benzene rings is 2. The molecule has 20 heavy (non-hydrogen) atoms.